The molecule has 1 N–H and O–H groups in total. The zero-order valence-corrected chi connectivity index (χ0v) is 17.7. The van der Waals surface area contributed by atoms with E-state index in [0.29, 0.717) is 26.2 Å². The maximum atomic E-state index is 13.3. The van der Waals surface area contributed by atoms with Crippen LogP contribution in [0.1, 0.15) is 25.7 Å². The average molecular weight is 427 g/mol. The predicted octanol–water partition coefficient (Wildman–Crippen LogP) is 1.12. The van der Waals surface area contributed by atoms with Gasteiger partial charge in [0.05, 0.1) is 4.90 Å². The summed E-state index contributed by atoms with van der Waals surface area (Å²) >= 11 is 0. The number of amides is 1. The lowest BCUT2D eigenvalue weighted by atomic mass is 10.1. The molecule has 29 heavy (non-hydrogen) atoms. The van der Waals surface area contributed by atoms with Crippen molar-refractivity contribution in [2.45, 2.75) is 30.6 Å². The molecule has 2 aliphatic heterocycles. The smallest absolute Gasteiger partial charge is 0.243 e. The first-order chi connectivity index (χ1) is 14.0. The molecule has 2 fully saturated rings. The number of hydrogen-bond acceptors (Lipinski definition) is 5. The number of carbonyl (C=O) groups is 1. The highest BCUT2D eigenvalue weighted by Crippen LogP contribution is 2.18. The number of benzene rings is 1. The Morgan fingerprint density at radius 2 is 1.66 bits per heavy atom. The van der Waals surface area contributed by atoms with E-state index in [1.165, 1.54) is 22.9 Å². The van der Waals surface area contributed by atoms with Gasteiger partial charge in [0.25, 0.3) is 0 Å². The molecule has 3 rings (SSSR count). The molecule has 1 amide bonds. The fraction of sp³-hybridized carbons (Fsp3) is 0.650. The molecule has 1 aromatic carbocycles. The minimum absolute atomic E-state index is 0.0243. The Kier molecular flexibility index (Phi) is 7.99. The number of sulfonamides is 1. The van der Waals surface area contributed by atoms with Crippen molar-refractivity contribution in [2.75, 3.05) is 58.9 Å². The van der Waals surface area contributed by atoms with E-state index in [1.54, 1.807) is 4.90 Å². The number of halogens is 1. The van der Waals surface area contributed by atoms with Crippen molar-refractivity contribution in [2.24, 2.45) is 0 Å². The number of nitrogens with one attached hydrogen (secondary N) is 1. The van der Waals surface area contributed by atoms with Gasteiger partial charge < -0.3 is 15.1 Å². The lowest BCUT2D eigenvalue weighted by Crippen LogP contribution is -2.47. The van der Waals surface area contributed by atoms with Crippen LogP contribution in [-0.2, 0) is 14.8 Å². The van der Waals surface area contributed by atoms with E-state index >= 15 is 0 Å². The van der Waals surface area contributed by atoms with E-state index in [9.17, 15) is 17.6 Å². The third kappa shape index (κ3) is 6.21. The van der Waals surface area contributed by atoms with Gasteiger partial charge in [0, 0.05) is 52.2 Å². The summed E-state index contributed by atoms with van der Waals surface area (Å²) < 4.78 is 41.0. The van der Waals surface area contributed by atoms with Gasteiger partial charge in [-0.05, 0) is 50.2 Å². The Morgan fingerprint density at radius 3 is 2.31 bits per heavy atom. The van der Waals surface area contributed by atoms with Gasteiger partial charge in [0.2, 0.25) is 15.9 Å². The molecule has 0 aromatic heterocycles. The zero-order valence-electron chi connectivity index (χ0n) is 16.9. The summed E-state index contributed by atoms with van der Waals surface area (Å²) in [6.45, 7) is 5.88. The average Bonchev–Trinajstić information content (AvgIpc) is 2.75. The number of piperazine rings is 1. The van der Waals surface area contributed by atoms with Gasteiger partial charge in [-0.15, -0.1) is 0 Å². The fourth-order valence-corrected chi connectivity index (χ4v) is 5.27. The highest BCUT2D eigenvalue weighted by Gasteiger charge is 2.27. The maximum Gasteiger partial charge on any atom is 0.243 e. The van der Waals surface area contributed by atoms with Crippen LogP contribution in [-0.4, -0.2) is 87.3 Å². The first-order valence-corrected chi connectivity index (χ1v) is 11.9. The fourth-order valence-electron chi connectivity index (χ4n) is 3.84. The minimum Gasteiger partial charge on any atom is -0.340 e. The summed E-state index contributed by atoms with van der Waals surface area (Å²) in [4.78, 5) is 16.6. The van der Waals surface area contributed by atoms with E-state index in [1.807, 2.05) is 0 Å². The van der Waals surface area contributed by atoms with Crippen molar-refractivity contribution >= 4 is 15.9 Å². The SMILES string of the molecule is O=C(CCN(CCN1CCCCC1)S(=O)(=O)c1ccc(F)cc1)N1CCNCC1. The maximum absolute atomic E-state index is 13.3. The van der Waals surface area contributed by atoms with Gasteiger partial charge in [0.1, 0.15) is 5.82 Å². The van der Waals surface area contributed by atoms with Crippen LogP contribution in [0, 0.1) is 5.82 Å². The summed E-state index contributed by atoms with van der Waals surface area (Å²) in [6.07, 6.45) is 3.63. The van der Waals surface area contributed by atoms with Crippen molar-refractivity contribution in [3.05, 3.63) is 30.1 Å². The Labute approximate surface area is 172 Å². The summed E-state index contributed by atoms with van der Waals surface area (Å²) in [6, 6.07) is 4.89. The van der Waals surface area contributed by atoms with E-state index in [-0.39, 0.29) is 23.8 Å². The van der Waals surface area contributed by atoms with Crippen molar-refractivity contribution in [1.82, 2.24) is 19.4 Å². The first kappa shape index (κ1) is 22.1. The Balaban J connectivity index is 1.67. The molecule has 7 nitrogen and oxygen atoms in total. The van der Waals surface area contributed by atoms with E-state index < -0.39 is 15.8 Å². The number of likely N-dealkylation sites (tertiary alicyclic amines) is 1. The highest BCUT2D eigenvalue weighted by molar-refractivity contribution is 7.89. The van der Waals surface area contributed by atoms with Gasteiger partial charge in [-0.25, -0.2) is 12.8 Å². The van der Waals surface area contributed by atoms with E-state index in [4.69, 9.17) is 0 Å². The lowest BCUT2D eigenvalue weighted by molar-refractivity contribution is -0.131. The normalized spacial score (nSPS) is 18.9. The molecule has 0 spiro atoms. The molecule has 0 aliphatic carbocycles. The lowest BCUT2D eigenvalue weighted by Gasteiger charge is -2.31. The molecule has 0 unspecified atom stereocenters. The topological polar surface area (TPSA) is 73.0 Å². The van der Waals surface area contributed by atoms with Gasteiger partial charge in [0.15, 0.2) is 0 Å². The summed E-state index contributed by atoms with van der Waals surface area (Å²) in [5, 5.41) is 3.21. The molecule has 0 radical (unpaired) electrons. The molecule has 0 bridgehead atoms. The standard InChI is InChI=1S/C20H31FN4O3S/c21-18-4-6-19(7-5-18)29(27,28)25(17-16-23-11-2-1-3-12-23)13-8-20(26)24-14-9-22-10-15-24/h4-7,22H,1-3,8-17H2. The molecule has 1 aromatic rings. The van der Waals surface area contributed by atoms with Gasteiger partial charge in [-0.3, -0.25) is 4.79 Å². The van der Waals surface area contributed by atoms with Crippen LogP contribution >= 0.6 is 0 Å². The van der Waals surface area contributed by atoms with Crippen molar-refractivity contribution in [3.8, 4) is 0 Å². The Bertz CT molecular complexity index is 760. The third-order valence-electron chi connectivity index (χ3n) is 5.61. The zero-order chi connectivity index (χ0) is 20.7. The van der Waals surface area contributed by atoms with Crippen LogP contribution in [0.2, 0.25) is 0 Å². The van der Waals surface area contributed by atoms with E-state index in [2.05, 4.69) is 10.2 Å². The number of rotatable bonds is 8. The largest absolute Gasteiger partial charge is 0.340 e. The Morgan fingerprint density at radius 1 is 1.00 bits per heavy atom. The second kappa shape index (κ2) is 10.5. The molecule has 162 valence electrons. The molecule has 2 aliphatic rings. The molecule has 0 atom stereocenters. The van der Waals surface area contributed by atoms with Crippen LogP contribution < -0.4 is 5.32 Å². The summed E-state index contributed by atoms with van der Waals surface area (Å²) in [5.41, 5.74) is 0. The van der Waals surface area contributed by atoms with Crippen molar-refractivity contribution in [1.29, 1.82) is 0 Å². The van der Waals surface area contributed by atoms with Crippen LogP contribution in [0.25, 0.3) is 0 Å². The van der Waals surface area contributed by atoms with Crippen LogP contribution in [0.3, 0.4) is 0 Å². The Hall–Kier alpha value is -1.55. The third-order valence-corrected chi connectivity index (χ3v) is 7.52. The monoisotopic (exact) mass is 426 g/mol. The van der Waals surface area contributed by atoms with Crippen LogP contribution in [0.4, 0.5) is 4.39 Å². The van der Waals surface area contributed by atoms with Crippen LogP contribution in [0.5, 0.6) is 0 Å². The second-order valence-corrected chi connectivity index (χ2v) is 9.58. The summed E-state index contributed by atoms with van der Waals surface area (Å²) in [5.74, 6) is -0.499. The van der Waals surface area contributed by atoms with Crippen LogP contribution in [0.15, 0.2) is 29.2 Å². The molecule has 2 saturated heterocycles. The van der Waals surface area contributed by atoms with Gasteiger partial charge in [-0.1, -0.05) is 6.42 Å². The number of carbonyl (C=O) groups excluding carboxylic acids is 1. The second-order valence-electron chi connectivity index (χ2n) is 7.64. The molecule has 0 saturated carbocycles. The molecular formula is C20H31FN4O3S. The van der Waals surface area contributed by atoms with Gasteiger partial charge >= 0.3 is 0 Å². The summed E-state index contributed by atoms with van der Waals surface area (Å²) in [7, 11) is -3.79. The number of hydrogen-bond donors (Lipinski definition) is 1. The first-order valence-electron chi connectivity index (χ1n) is 10.4. The molecular weight excluding hydrogens is 395 g/mol. The van der Waals surface area contributed by atoms with Gasteiger partial charge in [-0.2, -0.15) is 4.31 Å². The van der Waals surface area contributed by atoms with Crippen molar-refractivity contribution in [3.63, 3.8) is 0 Å². The van der Waals surface area contributed by atoms with Crippen molar-refractivity contribution < 1.29 is 17.6 Å². The number of nitrogens with zero attached hydrogens (tertiary/aromatic N) is 3. The highest BCUT2D eigenvalue weighted by atomic mass is 32.2. The molecule has 2 heterocycles. The molecule has 9 heteroatoms. The minimum atomic E-state index is -3.79. The van der Waals surface area contributed by atoms with E-state index in [0.717, 1.165) is 51.2 Å². The predicted molar refractivity (Wildman–Crippen MR) is 110 cm³/mol. The number of piperidine rings is 1. The quantitative estimate of drug-likeness (QED) is 0.675.